The van der Waals surface area contributed by atoms with Crippen LogP contribution in [0.3, 0.4) is 0 Å². The van der Waals surface area contributed by atoms with Crippen molar-refractivity contribution in [2.45, 2.75) is 24.7 Å². The highest BCUT2D eigenvalue weighted by molar-refractivity contribution is 7.90. The number of allylic oxidation sites excluding steroid dienone is 1. The molecule has 1 aliphatic rings. The Morgan fingerprint density at radius 3 is 2.33 bits per heavy atom. The highest BCUT2D eigenvalue weighted by Crippen LogP contribution is 2.40. The number of methoxy groups -OCH3 is 1. The lowest BCUT2D eigenvalue weighted by Crippen LogP contribution is -2.10. The maximum absolute atomic E-state index is 11.8. The summed E-state index contributed by atoms with van der Waals surface area (Å²) in [5.41, 5.74) is 5.24. The van der Waals surface area contributed by atoms with E-state index in [0.29, 0.717) is 4.90 Å². The first-order chi connectivity index (χ1) is 14.4. The summed E-state index contributed by atoms with van der Waals surface area (Å²) < 4.78 is 35.5. The molecule has 0 unspecified atom stereocenters. The lowest BCUT2D eigenvalue weighted by Gasteiger charge is -2.25. The van der Waals surface area contributed by atoms with Crippen LogP contribution in [0.4, 0.5) is 0 Å². The van der Waals surface area contributed by atoms with Gasteiger partial charge in [0.05, 0.1) is 12.0 Å². The molecular weight excluding hydrogens is 396 g/mol. The molecule has 30 heavy (non-hydrogen) atoms. The Kier molecular flexibility index (Phi) is 5.39. The first-order valence-electron chi connectivity index (χ1n) is 9.87. The second-order valence-corrected chi connectivity index (χ2v) is 9.39. The van der Waals surface area contributed by atoms with Crippen LogP contribution in [0, 0.1) is 0 Å². The molecule has 0 spiro atoms. The van der Waals surface area contributed by atoms with Crippen molar-refractivity contribution in [3.8, 4) is 11.5 Å². The smallest absolute Gasteiger partial charge is 0.175 e. The standard InChI is InChI=1S/C25H24O4S/c1-4-17-15-19(11-14-23(17)28-2)22-16-20-7-5-6-8-24(20)29-25(22)18-9-12-21(13-10-18)30(3,26)27/h5-15H,4,16H2,1-3H3. The summed E-state index contributed by atoms with van der Waals surface area (Å²) in [6.07, 6.45) is 2.80. The molecular formula is C25H24O4S. The molecule has 0 aromatic heterocycles. The minimum absolute atomic E-state index is 0.294. The van der Waals surface area contributed by atoms with Gasteiger partial charge in [-0.05, 0) is 65.6 Å². The number of para-hydroxylation sites is 1. The third kappa shape index (κ3) is 3.85. The van der Waals surface area contributed by atoms with Crippen LogP contribution in [-0.2, 0) is 22.7 Å². The second-order valence-electron chi connectivity index (χ2n) is 7.37. The molecule has 0 aliphatic carbocycles. The number of hydrogen-bond donors (Lipinski definition) is 0. The summed E-state index contributed by atoms with van der Waals surface area (Å²) in [4.78, 5) is 0.294. The lowest BCUT2D eigenvalue weighted by atomic mass is 9.91. The third-order valence-electron chi connectivity index (χ3n) is 5.38. The monoisotopic (exact) mass is 420 g/mol. The van der Waals surface area contributed by atoms with Gasteiger partial charge in [-0.25, -0.2) is 8.42 Å². The maximum atomic E-state index is 11.8. The van der Waals surface area contributed by atoms with Crippen LogP contribution < -0.4 is 9.47 Å². The Morgan fingerprint density at radius 1 is 0.967 bits per heavy atom. The van der Waals surface area contributed by atoms with Crippen molar-refractivity contribution in [1.82, 2.24) is 0 Å². The number of ether oxygens (including phenoxy) is 2. The Bertz CT molecular complexity index is 1220. The zero-order valence-corrected chi connectivity index (χ0v) is 18.1. The molecule has 0 saturated heterocycles. The first kappa shape index (κ1) is 20.2. The van der Waals surface area contributed by atoms with E-state index in [0.717, 1.165) is 57.9 Å². The van der Waals surface area contributed by atoms with Gasteiger partial charge in [0.2, 0.25) is 0 Å². The molecule has 1 aliphatic heterocycles. The normalized spacial score (nSPS) is 13.6. The highest BCUT2D eigenvalue weighted by atomic mass is 32.2. The SMILES string of the molecule is CCc1cc(C2=C(c3ccc(S(C)(=O)=O)cc3)Oc3ccccc3C2)ccc1OC. The summed E-state index contributed by atoms with van der Waals surface area (Å²) in [6.45, 7) is 2.10. The van der Waals surface area contributed by atoms with Crippen molar-refractivity contribution >= 4 is 21.2 Å². The largest absolute Gasteiger partial charge is 0.496 e. The molecule has 4 nitrogen and oxygen atoms in total. The molecule has 0 atom stereocenters. The van der Waals surface area contributed by atoms with Crippen molar-refractivity contribution in [3.05, 3.63) is 89.0 Å². The van der Waals surface area contributed by atoms with E-state index in [9.17, 15) is 8.42 Å². The van der Waals surface area contributed by atoms with Crippen molar-refractivity contribution < 1.29 is 17.9 Å². The van der Waals surface area contributed by atoms with Crippen molar-refractivity contribution in [1.29, 1.82) is 0 Å². The Labute approximate surface area is 177 Å². The zero-order chi connectivity index (χ0) is 21.3. The molecule has 0 N–H and O–H groups in total. The fraction of sp³-hybridized carbons (Fsp3) is 0.200. The topological polar surface area (TPSA) is 52.6 Å². The van der Waals surface area contributed by atoms with Crippen LogP contribution in [0.1, 0.15) is 29.2 Å². The number of fused-ring (bicyclic) bond motifs is 1. The number of hydrogen-bond acceptors (Lipinski definition) is 4. The fourth-order valence-electron chi connectivity index (χ4n) is 3.75. The Morgan fingerprint density at radius 2 is 1.67 bits per heavy atom. The average Bonchev–Trinajstić information content (AvgIpc) is 2.77. The zero-order valence-electron chi connectivity index (χ0n) is 17.3. The van der Waals surface area contributed by atoms with Gasteiger partial charge in [0.1, 0.15) is 17.3 Å². The number of sulfone groups is 1. The highest BCUT2D eigenvalue weighted by Gasteiger charge is 2.23. The maximum Gasteiger partial charge on any atom is 0.175 e. The van der Waals surface area contributed by atoms with Crippen LogP contribution in [0.15, 0.2) is 71.6 Å². The van der Waals surface area contributed by atoms with Crippen molar-refractivity contribution in [2.24, 2.45) is 0 Å². The summed E-state index contributed by atoms with van der Waals surface area (Å²) >= 11 is 0. The van der Waals surface area contributed by atoms with Gasteiger partial charge >= 0.3 is 0 Å². The molecule has 154 valence electrons. The molecule has 0 amide bonds. The second kappa shape index (κ2) is 8.00. The fourth-order valence-corrected chi connectivity index (χ4v) is 4.38. The van der Waals surface area contributed by atoms with E-state index in [1.807, 2.05) is 36.4 Å². The van der Waals surface area contributed by atoms with E-state index >= 15 is 0 Å². The first-order valence-corrected chi connectivity index (χ1v) is 11.8. The molecule has 5 heteroatoms. The quantitative estimate of drug-likeness (QED) is 0.572. The van der Waals surface area contributed by atoms with Crippen LogP contribution >= 0.6 is 0 Å². The van der Waals surface area contributed by atoms with Gasteiger partial charge in [-0.1, -0.05) is 31.2 Å². The van der Waals surface area contributed by atoms with Gasteiger partial charge in [0, 0.05) is 23.8 Å². The van der Waals surface area contributed by atoms with Crippen LogP contribution in [0.2, 0.25) is 0 Å². The van der Waals surface area contributed by atoms with Gasteiger partial charge in [-0.15, -0.1) is 0 Å². The van der Waals surface area contributed by atoms with Crippen molar-refractivity contribution in [3.63, 3.8) is 0 Å². The predicted octanol–water partition coefficient (Wildman–Crippen LogP) is 5.16. The Hall–Kier alpha value is -3.05. The van der Waals surface area contributed by atoms with E-state index in [2.05, 4.69) is 25.1 Å². The molecule has 3 aromatic carbocycles. The minimum Gasteiger partial charge on any atom is -0.496 e. The van der Waals surface area contributed by atoms with Gasteiger partial charge < -0.3 is 9.47 Å². The van der Waals surface area contributed by atoms with Gasteiger partial charge in [0.15, 0.2) is 9.84 Å². The molecule has 1 heterocycles. The van der Waals surface area contributed by atoms with E-state index in [4.69, 9.17) is 9.47 Å². The van der Waals surface area contributed by atoms with Gasteiger partial charge in [0.25, 0.3) is 0 Å². The number of aryl methyl sites for hydroxylation is 1. The number of rotatable bonds is 5. The average molecular weight is 421 g/mol. The summed E-state index contributed by atoms with van der Waals surface area (Å²) in [7, 11) is -1.57. The van der Waals surface area contributed by atoms with Crippen LogP contribution in [0.5, 0.6) is 11.5 Å². The number of benzene rings is 3. The van der Waals surface area contributed by atoms with E-state index in [1.54, 1.807) is 19.2 Å². The van der Waals surface area contributed by atoms with Gasteiger partial charge in [-0.2, -0.15) is 0 Å². The van der Waals surface area contributed by atoms with Crippen molar-refractivity contribution in [2.75, 3.05) is 13.4 Å². The molecule has 0 fully saturated rings. The molecule has 3 aromatic rings. The summed E-state index contributed by atoms with van der Waals surface area (Å²) in [6, 6.07) is 21.1. The lowest BCUT2D eigenvalue weighted by molar-refractivity contribution is 0.410. The molecule has 0 bridgehead atoms. The molecule has 0 saturated carbocycles. The summed E-state index contributed by atoms with van der Waals surface area (Å²) in [5, 5.41) is 0. The van der Waals surface area contributed by atoms with Crippen LogP contribution in [0.25, 0.3) is 11.3 Å². The summed E-state index contributed by atoms with van der Waals surface area (Å²) in [5.74, 6) is 2.45. The third-order valence-corrected chi connectivity index (χ3v) is 6.51. The molecule has 0 radical (unpaired) electrons. The van der Waals surface area contributed by atoms with E-state index < -0.39 is 9.84 Å². The molecule has 4 rings (SSSR count). The predicted molar refractivity (Wildman–Crippen MR) is 120 cm³/mol. The Balaban J connectivity index is 1.87. The van der Waals surface area contributed by atoms with Crippen LogP contribution in [-0.4, -0.2) is 21.8 Å². The minimum atomic E-state index is -3.25. The van der Waals surface area contributed by atoms with E-state index in [1.165, 1.54) is 6.26 Å². The van der Waals surface area contributed by atoms with Gasteiger partial charge in [-0.3, -0.25) is 0 Å². The van der Waals surface area contributed by atoms with E-state index in [-0.39, 0.29) is 0 Å².